The highest BCUT2D eigenvalue weighted by Crippen LogP contribution is 2.25. The Bertz CT molecular complexity index is 938. The molecule has 3 rings (SSSR count). The molecule has 2 aromatic carbocycles. The molecule has 0 aliphatic carbocycles. The van der Waals surface area contributed by atoms with Gasteiger partial charge in [-0.15, -0.1) is 22.0 Å². The number of para-hydroxylation sites is 1. The fourth-order valence-corrected chi connectivity index (χ4v) is 4.32. The van der Waals surface area contributed by atoms with Crippen LogP contribution in [0.4, 0.5) is 5.69 Å². The van der Waals surface area contributed by atoms with Crippen LogP contribution in [0, 0.1) is 13.8 Å². The molecule has 0 saturated heterocycles. The minimum Gasteiger partial charge on any atom is -0.325 e. The number of benzene rings is 2. The molecule has 1 amide bonds. The first-order valence-corrected chi connectivity index (χ1v) is 11.1. The lowest BCUT2D eigenvalue weighted by Crippen LogP contribution is -2.15. The molecule has 0 aliphatic rings. The van der Waals surface area contributed by atoms with Crippen molar-refractivity contribution in [2.24, 2.45) is 0 Å². The van der Waals surface area contributed by atoms with E-state index in [1.165, 1.54) is 22.2 Å². The van der Waals surface area contributed by atoms with Gasteiger partial charge in [-0.3, -0.25) is 4.79 Å². The van der Waals surface area contributed by atoms with Crippen LogP contribution in [0.1, 0.15) is 23.9 Å². The predicted octanol–water partition coefficient (Wildman–Crippen LogP) is 4.94. The Morgan fingerprint density at radius 2 is 1.79 bits per heavy atom. The summed E-state index contributed by atoms with van der Waals surface area (Å²) in [6.07, 6.45) is 0. The molecular formula is C21H24N4OS2. The lowest BCUT2D eigenvalue weighted by molar-refractivity contribution is -0.113. The lowest BCUT2D eigenvalue weighted by Gasteiger charge is -2.09. The van der Waals surface area contributed by atoms with E-state index in [0.29, 0.717) is 5.75 Å². The number of carbonyl (C=O) groups excluding carboxylic acids is 1. The van der Waals surface area contributed by atoms with Gasteiger partial charge in [-0.25, -0.2) is 0 Å². The molecule has 1 aromatic heterocycles. The topological polar surface area (TPSA) is 59.8 Å². The SMILES string of the molecule is CCn1c(CSc2ccc(C)cc2)nnc1SCC(=O)Nc1ccccc1C. The van der Waals surface area contributed by atoms with Gasteiger partial charge in [0.1, 0.15) is 5.82 Å². The molecule has 0 radical (unpaired) electrons. The predicted molar refractivity (Wildman–Crippen MR) is 117 cm³/mol. The maximum Gasteiger partial charge on any atom is 0.234 e. The Labute approximate surface area is 174 Å². The summed E-state index contributed by atoms with van der Waals surface area (Å²) in [4.78, 5) is 13.5. The number of thioether (sulfide) groups is 2. The van der Waals surface area contributed by atoms with Crippen LogP contribution in [-0.2, 0) is 17.1 Å². The number of rotatable bonds is 8. The van der Waals surface area contributed by atoms with E-state index >= 15 is 0 Å². The van der Waals surface area contributed by atoms with Gasteiger partial charge in [-0.2, -0.15) is 0 Å². The number of hydrogen-bond donors (Lipinski definition) is 1. The smallest absolute Gasteiger partial charge is 0.234 e. The fraction of sp³-hybridized carbons (Fsp3) is 0.286. The molecule has 7 heteroatoms. The number of aromatic nitrogens is 3. The van der Waals surface area contributed by atoms with Crippen LogP contribution >= 0.6 is 23.5 Å². The number of aryl methyl sites for hydroxylation is 2. The Morgan fingerprint density at radius 1 is 1.04 bits per heavy atom. The summed E-state index contributed by atoms with van der Waals surface area (Å²) >= 11 is 3.16. The zero-order valence-electron chi connectivity index (χ0n) is 16.3. The summed E-state index contributed by atoms with van der Waals surface area (Å²) in [5.41, 5.74) is 3.15. The van der Waals surface area contributed by atoms with E-state index in [0.717, 1.165) is 34.5 Å². The first kappa shape index (κ1) is 20.5. The molecule has 0 bridgehead atoms. The van der Waals surface area contributed by atoms with Gasteiger partial charge in [-0.1, -0.05) is 47.7 Å². The fourth-order valence-electron chi connectivity index (χ4n) is 2.66. The van der Waals surface area contributed by atoms with Gasteiger partial charge in [0.2, 0.25) is 5.91 Å². The van der Waals surface area contributed by atoms with Crippen LogP contribution in [0.15, 0.2) is 58.6 Å². The maximum atomic E-state index is 12.3. The quantitative estimate of drug-likeness (QED) is 0.531. The van der Waals surface area contributed by atoms with E-state index < -0.39 is 0 Å². The number of anilines is 1. The van der Waals surface area contributed by atoms with Crippen LogP contribution < -0.4 is 5.32 Å². The average molecular weight is 413 g/mol. The van der Waals surface area contributed by atoms with Crippen LogP contribution in [-0.4, -0.2) is 26.4 Å². The molecule has 0 fully saturated rings. The second kappa shape index (κ2) is 9.80. The Morgan fingerprint density at radius 3 is 2.50 bits per heavy atom. The molecule has 3 aromatic rings. The molecule has 5 nitrogen and oxygen atoms in total. The van der Waals surface area contributed by atoms with E-state index in [1.807, 2.05) is 31.2 Å². The largest absolute Gasteiger partial charge is 0.325 e. The van der Waals surface area contributed by atoms with Crippen molar-refractivity contribution in [3.8, 4) is 0 Å². The summed E-state index contributed by atoms with van der Waals surface area (Å²) in [5.74, 6) is 1.94. The molecule has 0 unspecified atom stereocenters. The average Bonchev–Trinajstić information content (AvgIpc) is 3.09. The third-order valence-corrected chi connectivity index (χ3v) is 6.22. The Balaban J connectivity index is 1.58. The van der Waals surface area contributed by atoms with Gasteiger partial charge in [-0.05, 0) is 44.5 Å². The first-order valence-electron chi connectivity index (χ1n) is 9.16. The molecular weight excluding hydrogens is 388 g/mol. The summed E-state index contributed by atoms with van der Waals surface area (Å²) < 4.78 is 2.08. The summed E-state index contributed by atoms with van der Waals surface area (Å²) in [6.45, 7) is 6.91. The van der Waals surface area contributed by atoms with Crippen LogP contribution in [0.5, 0.6) is 0 Å². The van der Waals surface area contributed by atoms with E-state index in [2.05, 4.69) is 58.2 Å². The van der Waals surface area contributed by atoms with E-state index in [4.69, 9.17) is 0 Å². The molecule has 146 valence electrons. The highest BCUT2D eigenvalue weighted by atomic mass is 32.2. The molecule has 0 spiro atoms. The van der Waals surface area contributed by atoms with E-state index in [9.17, 15) is 4.79 Å². The molecule has 1 heterocycles. The number of nitrogens with one attached hydrogen (secondary N) is 1. The van der Waals surface area contributed by atoms with Gasteiger partial charge >= 0.3 is 0 Å². The van der Waals surface area contributed by atoms with Crippen molar-refractivity contribution in [1.82, 2.24) is 14.8 Å². The number of hydrogen-bond acceptors (Lipinski definition) is 5. The van der Waals surface area contributed by atoms with Gasteiger partial charge in [0.25, 0.3) is 0 Å². The summed E-state index contributed by atoms with van der Waals surface area (Å²) in [6, 6.07) is 16.2. The summed E-state index contributed by atoms with van der Waals surface area (Å²) in [5, 5.41) is 12.4. The van der Waals surface area contributed by atoms with Crippen molar-refractivity contribution in [3.05, 3.63) is 65.5 Å². The molecule has 0 saturated carbocycles. The third-order valence-electron chi connectivity index (χ3n) is 4.25. The minimum atomic E-state index is -0.0412. The number of amides is 1. The van der Waals surface area contributed by atoms with Gasteiger partial charge in [0.15, 0.2) is 5.16 Å². The van der Waals surface area contributed by atoms with Crippen LogP contribution in [0.25, 0.3) is 0 Å². The lowest BCUT2D eigenvalue weighted by atomic mass is 10.2. The standard InChI is InChI=1S/C21H24N4OS2/c1-4-25-19(13-27-17-11-9-15(2)10-12-17)23-24-21(25)28-14-20(26)22-18-8-6-5-7-16(18)3/h5-12H,4,13-14H2,1-3H3,(H,22,26). The van der Waals surface area contributed by atoms with E-state index in [1.54, 1.807) is 11.8 Å². The summed E-state index contributed by atoms with van der Waals surface area (Å²) in [7, 11) is 0. The van der Waals surface area contributed by atoms with Crippen LogP contribution in [0.3, 0.4) is 0 Å². The van der Waals surface area contributed by atoms with Crippen molar-refractivity contribution >= 4 is 35.1 Å². The molecule has 0 aliphatic heterocycles. The molecule has 28 heavy (non-hydrogen) atoms. The minimum absolute atomic E-state index is 0.0412. The van der Waals surface area contributed by atoms with Crippen molar-refractivity contribution in [3.63, 3.8) is 0 Å². The van der Waals surface area contributed by atoms with Gasteiger partial charge < -0.3 is 9.88 Å². The molecule has 1 N–H and O–H groups in total. The first-order chi connectivity index (χ1) is 13.6. The zero-order chi connectivity index (χ0) is 19.9. The second-order valence-electron chi connectivity index (χ2n) is 6.40. The molecule has 0 atom stereocenters. The maximum absolute atomic E-state index is 12.3. The van der Waals surface area contributed by atoms with Gasteiger partial charge in [0.05, 0.1) is 11.5 Å². The third kappa shape index (κ3) is 5.39. The monoisotopic (exact) mass is 412 g/mol. The van der Waals surface area contributed by atoms with E-state index in [-0.39, 0.29) is 5.91 Å². The highest BCUT2D eigenvalue weighted by Gasteiger charge is 2.14. The number of nitrogens with zero attached hydrogens (tertiary/aromatic N) is 3. The van der Waals surface area contributed by atoms with Gasteiger partial charge in [0, 0.05) is 17.1 Å². The second-order valence-corrected chi connectivity index (χ2v) is 8.39. The Kier molecular flexibility index (Phi) is 7.17. The highest BCUT2D eigenvalue weighted by molar-refractivity contribution is 7.99. The normalized spacial score (nSPS) is 10.8. The van der Waals surface area contributed by atoms with Crippen LogP contribution in [0.2, 0.25) is 0 Å². The number of carbonyl (C=O) groups is 1. The van der Waals surface area contributed by atoms with Crippen molar-refractivity contribution < 1.29 is 4.79 Å². The van der Waals surface area contributed by atoms with Crippen molar-refractivity contribution in [1.29, 1.82) is 0 Å². The zero-order valence-corrected chi connectivity index (χ0v) is 17.9. The van der Waals surface area contributed by atoms with Crippen molar-refractivity contribution in [2.45, 2.75) is 43.1 Å². The van der Waals surface area contributed by atoms with Crippen molar-refractivity contribution in [2.75, 3.05) is 11.1 Å². The Hall–Kier alpha value is -2.25.